The number of aryl methyl sites for hydroxylation is 2. The van der Waals surface area contributed by atoms with Crippen LogP contribution in [-0.2, 0) is 53.7 Å². The molecule has 69 heavy (non-hydrogen) atoms. The molecule has 3 nitrogen and oxygen atoms in total. The van der Waals surface area contributed by atoms with Gasteiger partial charge in [0.25, 0.3) is 0 Å². The van der Waals surface area contributed by atoms with Crippen LogP contribution in [0.25, 0.3) is 44.8 Å². The first kappa shape index (κ1) is 51.6. The Kier molecular flexibility index (Phi) is 13.3. The zero-order valence-electron chi connectivity index (χ0n) is 42.9. The number of nitrogens with zero attached hydrogens (tertiary/aromatic N) is 1. The van der Waals surface area contributed by atoms with Crippen LogP contribution in [-0.4, -0.2) is 15.2 Å². The summed E-state index contributed by atoms with van der Waals surface area (Å²) in [6, 6.07) is 22.8. The predicted molar refractivity (Wildman–Crippen MR) is 274 cm³/mol. The zero-order chi connectivity index (χ0) is 46.5. The molecule has 0 amide bonds. The van der Waals surface area contributed by atoms with Crippen LogP contribution in [0.15, 0.2) is 72.8 Å². The summed E-state index contributed by atoms with van der Waals surface area (Å²) in [5, 5.41) is 25.4. The monoisotopic (exact) mass is 1100 g/mol. The number of phenolic OH excluding ortho intramolecular Hbond substituents is 2. The second-order valence-electron chi connectivity index (χ2n) is 25.0. The second kappa shape index (κ2) is 17.8. The Morgan fingerprint density at radius 2 is 0.768 bits per heavy atom. The van der Waals surface area contributed by atoms with E-state index in [0.29, 0.717) is 68.9 Å². The van der Waals surface area contributed by atoms with E-state index in [4.69, 9.17) is 4.98 Å². The van der Waals surface area contributed by atoms with Crippen LogP contribution in [0.5, 0.6) is 11.5 Å². The number of hydrogen-bond acceptors (Lipinski definition) is 3. The molecule has 5 aromatic rings. The fourth-order valence-corrected chi connectivity index (χ4v) is 15.4. The fraction of sp³-hybridized carbons (Fsp3) is 0.500. The van der Waals surface area contributed by atoms with Crippen molar-refractivity contribution >= 4 is 0 Å². The Labute approximate surface area is 430 Å². The van der Waals surface area contributed by atoms with Crippen LogP contribution in [0.1, 0.15) is 158 Å². The third-order valence-electron chi connectivity index (χ3n) is 17.8. The summed E-state index contributed by atoms with van der Waals surface area (Å²) >= 11 is 0. The third kappa shape index (κ3) is 9.02. The number of rotatable bonds is 6. The van der Waals surface area contributed by atoms with Crippen molar-refractivity contribution < 1.29 is 49.2 Å². The van der Waals surface area contributed by atoms with Gasteiger partial charge >= 0.3 is 6.18 Å². The van der Waals surface area contributed by atoms with Gasteiger partial charge in [-0.3, -0.25) is 0 Å². The largest absolute Gasteiger partial charge is 0.507 e. The molecule has 8 fully saturated rings. The minimum absolute atomic E-state index is 0. The summed E-state index contributed by atoms with van der Waals surface area (Å²) in [7, 11) is 0. The van der Waals surface area contributed by atoms with E-state index in [1.807, 2.05) is 50.2 Å². The van der Waals surface area contributed by atoms with Crippen LogP contribution in [0.4, 0.5) is 13.2 Å². The Bertz CT molecular complexity index is 2540. The molecule has 1 heterocycles. The number of halogens is 3. The van der Waals surface area contributed by atoms with Crippen molar-refractivity contribution in [2.45, 2.75) is 160 Å². The van der Waals surface area contributed by atoms with Gasteiger partial charge < -0.3 is 25.1 Å². The van der Waals surface area contributed by atoms with Crippen LogP contribution in [0.2, 0.25) is 0 Å². The maximum absolute atomic E-state index is 15.4. The Morgan fingerprint density at radius 1 is 0.449 bits per heavy atom. The van der Waals surface area contributed by atoms with E-state index in [0.717, 1.165) is 71.9 Å². The SMILES string of the molecule is Cc1ccc(-c2cc(C(C)(C)C)cc(C34CC5CC(CC(C5)C3)C4)c2O)c(-c2cc(C(F)(F)F)cc(-c3cc(C)ccc3-c3cc(C(C)(C)C)cc(C45CC6CC(CC(C6)C4)C5)c3O)n2)c1.[CH3-].[CH3-].[Hf]. The standard InChI is InChI=1S/C60H68F3NO2.2CH3.Hf/c1-33-9-11-44(48-21-41(56(3,4)5)23-50(54(48)65)58-27-35-15-36(28-58)17-37(16-35)29-58)46(13-33)52-25-43(60(61,62)63)26-53(64-52)47-14-34(2)10-12-45(47)49-22-42(57(6,7)8)24-51(55(49)66)59-30-38-18-39(31-59)20-40(19-38)32-59;;;/h9-14,21-26,35-40,65-66H,15-20,27-32H2,1-8H3;2*1H3;/q;2*-1;. The van der Waals surface area contributed by atoms with Crippen molar-refractivity contribution in [1.82, 2.24) is 4.98 Å². The molecule has 8 aliphatic carbocycles. The molecule has 7 heteroatoms. The summed E-state index contributed by atoms with van der Waals surface area (Å²) < 4.78 is 46.2. The van der Waals surface area contributed by atoms with Gasteiger partial charge in [0.2, 0.25) is 0 Å². The average molecular weight is 1100 g/mol. The molecule has 0 unspecified atom stereocenters. The first-order valence-electron chi connectivity index (χ1n) is 25.1. The van der Waals surface area contributed by atoms with E-state index < -0.39 is 11.7 Å². The first-order chi connectivity index (χ1) is 31.0. The summed E-state index contributed by atoms with van der Waals surface area (Å²) in [4.78, 5) is 5.23. The fourth-order valence-electron chi connectivity index (χ4n) is 15.4. The van der Waals surface area contributed by atoms with E-state index >= 15 is 13.2 Å². The Hall–Kier alpha value is -3.71. The molecule has 0 radical (unpaired) electrons. The maximum atomic E-state index is 15.4. The summed E-state index contributed by atoms with van der Waals surface area (Å²) in [5.41, 5.74) is 8.72. The topological polar surface area (TPSA) is 53.4 Å². The summed E-state index contributed by atoms with van der Waals surface area (Å²) in [5.74, 6) is 4.56. The normalized spacial score (nSPS) is 27.7. The molecule has 0 atom stereocenters. The smallest absolute Gasteiger partial charge is 0.416 e. The Balaban J connectivity index is 0.00000214. The molecule has 2 N–H and O–H groups in total. The molecule has 8 saturated carbocycles. The van der Waals surface area contributed by atoms with Gasteiger partial charge in [0.05, 0.1) is 17.0 Å². The van der Waals surface area contributed by atoms with Gasteiger partial charge in [-0.1, -0.05) is 89.1 Å². The molecule has 8 bridgehead atoms. The Morgan fingerprint density at radius 3 is 1.06 bits per heavy atom. The van der Waals surface area contributed by atoms with Crippen LogP contribution < -0.4 is 0 Å². The van der Waals surface area contributed by atoms with Crippen LogP contribution in [0, 0.1) is 64.2 Å². The second-order valence-corrected chi connectivity index (χ2v) is 25.0. The van der Waals surface area contributed by atoms with Gasteiger partial charge in [-0.15, -0.1) is 0 Å². The molecule has 0 saturated heterocycles. The number of hydrogen-bond donors (Lipinski definition) is 2. The molecule has 366 valence electrons. The van der Waals surface area contributed by atoms with Crippen molar-refractivity contribution in [3.8, 4) is 56.3 Å². The molecular weight excluding hydrogens is 1030 g/mol. The number of aromatic nitrogens is 1. The van der Waals surface area contributed by atoms with Gasteiger partial charge in [0.1, 0.15) is 11.5 Å². The van der Waals surface area contributed by atoms with E-state index in [9.17, 15) is 10.2 Å². The molecule has 4 aromatic carbocycles. The van der Waals surface area contributed by atoms with Gasteiger partial charge in [-0.05, 0) is 207 Å². The molecule has 13 rings (SSSR count). The number of pyridine rings is 1. The van der Waals surface area contributed by atoms with Crippen molar-refractivity contribution in [1.29, 1.82) is 0 Å². The quantitative estimate of drug-likeness (QED) is 0.132. The molecule has 0 spiro atoms. The summed E-state index contributed by atoms with van der Waals surface area (Å²) in [6.07, 6.45) is 9.51. The molecule has 8 aliphatic rings. The number of alkyl halides is 3. The van der Waals surface area contributed by atoms with Crippen LogP contribution >= 0.6 is 0 Å². The maximum Gasteiger partial charge on any atom is 0.416 e. The van der Waals surface area contributed by atoms with E-state index in [1.54, 1.807) is 0 Å². The van der Waals surface area contributed by atoms with E-state index in [-0.39, 0.29) is 85.2 Å². The summed E-state index contributed by atoms with van der Waals surface area (Å²) in [6.45, 7) is 17.1. The molecule has 1 aromatic heterocycles. The van der Waals surface area contributed by atoms with Gasteiger partial charge in [0, 0.05) is 59.2 Å². The minimum atomic E-state index is -4.67. The minimum Gasteiger partial charge on any atom is -0.507 e. The van der Waals surface area contributed by atoms with Gasteiger partial charge in [0.15, 0.2) is 0 Å². The number of benzene rings is 4. The first-order valence-corrected chi connectivity index (χ1v) is 25.1. The van der Waals surface area contributed by atoms with Gasteiger partial charge in [-0.2, -0.15) is 13.2 Å². The average Bonchev–Trinajstić information content (AvgIpc) is 3.21. The number of aromatic hydroxyl groups is 2. The zero-order valence-corrected chi connectivity index (χ0v) is 46.4. The van der Waals surface area contributed by atoms with E-state index in [1.165, 1.54) is 50.7 Å². The van der Waals surface area contributed by atoms with E-state index in [2.05, 4.69) is 65.8 Å². The predicted octanol–water partition coefficient (Wildman–Crippen LogP) is 17.2. The van der Waals surface area contributed by atoms with Crippen molar-refractivity contribution in [3.63, 3.8) is 0 Å². The van der Waals surface area contributed by atoms with Gasteiger partial charge in [-0.25, -0.2) is 4.98 Å². The van der Waals surface area contributed by atoms with Crippen molar-refractivity contribution in [3.05, 3.63) is 127 Å². The third-order valence-corrected chi connectivity index (χ3v) is 17.8. The van der Waals surface area contributed by atoms with Crippen LogP contribution in [0.3, 0.4) is 0 Å². The van der Waals surface area contributed by atoms with Crippen molar-refractivity contribution in [2.24, 2.45) is 35.5 Å². The van der Waals surface area contributed by atoms with Crippen molar-refractivity contribution in [2.75, 3.05) is 0 Å². The number of phenols is 2. The molecular formula is C62H74F3HfNO2-2. The molecule has 0 aliphatic heterocycles.